The van der Waals surface area contributed by atoms with E-state index in [-0.39, 0.29) is 4.91 Å². The van der Waals surface area contributed by atoms with Gasteiger partial charge in [-0.2, -0.15) is 0 Å². The zero-order chi connectivity index (χ0) is 21.0. The maximum Gasteiger partial charge on any atom is 0.323 e. The van der Waals surface area contributed by atoms with E-state index in [1.807, 2.05) is 30.3 Å². The third-order valence-corrected chi connectivity index (χ3v) is 5.57. The molecule has 1 N–H and O–H groups in total. The van der Waals surface area contributed by atoms with E-state index in [1.165, 1.54) is 13.2 Å². The lowest BCUT2D eigenvalue weighted by Crippen LogP contribution is -2.33. The van der Waals surface area contributed by atoms with Crippen molar-refractivity contribution in [2.24, 2.45) is 0 Å². The Hall–Kier alpha value is -2.78. The van der Waals surface area contributed by atoms with Gasteiger partial charge in [0.15, 0.2) is 11.5 Å². The molecule has 1 fully saturated rings. The standard InChI is InChI=1S/C20H16BrNO6S/c1-27-15-7-13(8-17-19(25)22(10-18(23)24)20(26)29-17)14(21)9-16(15)28-11-12-5-3-2-4-6-12/h2-9H,10-11H2,1H3,(H,23,24)/b17-8+. The van der Waals surface area contributed by atoms with Crippen LogP contribution < -0.4 is 9.47 Å². The van der Waals surface area contributed by atoms with Gasteiger partial charge in [-0.05, 0) is 41.1 Å². The number of benzene rings is 2. The van der Waals surface area contributed by atoms with Gasteiger partial charge in [0.25, 0.3) is 11.1 Å². The van der Waals surface area contributed by atoms with Crippen LogP contribution in [-0.4, -0.2) is 40.8 Å². The third kappa shape index (κ3) is 4.99. The van der Waals surface area contributed by atoms with Crippen LogP contribution in [0.3, 0.4) is 0 Å². The number of rotatable bonds is 7. The lowest BCUT2D eigenvalue weighted by Gasteiger charge is -2.13. The summed E-state index contributed by atoms with van der Waals surface area (Å²) < 4.78 is 11.9. The molecule has 1 heterocycles. The van der Waals surface area contributed by atoms with Gasteiger partial charge in [0, 0.05) is 4.47 Å². The summed E-state index contributed by atoms with van der Waals surface area (Å²) in [6.07, 6.45) is 1.51. The van der Waals surface area contributed by atoms with E-state index < -0.39 is 23.7 Å². The van der Waals surface area contributed by atoms with E-state index in [0.717, 1.165) is 5.56 Å². The first-order valence-corrected chi connectivity index (χ1v) is 10.0. The molecule has 1 aliphatic rings. The Bertz CT molecular complexity index is 992. The van der Waals surface area contributed by atoms with Gasteiger partial charge in [-0.25, -0.2) is 0 Å². The number of carbonyl (C=O) groups is 3. The SMILES string of the molecule is COc1cc(/C=C2/SC(=O)N(CC(=O)O)C2=O)c(Br)cc1OCc1ccccc1. The van der Waals surface area contributed by atoms with Crippen LogP contribution >= 0.6 is 27.7 Å². The lowest BCUT2D eigenvalue weighted by atomic mass is 10.1. The number of carboxylic acid groups (broad SMARTS) is 1. The highest BCUT2D eigenvalue weighted by atomic mass is 79.9. The van der Waals surface area contributed by atoms with Crippen LogP contribution in [0.15, 0.2) is 51.8 Å². The van der Waals surface area contributed by atoms with Gasteiger partial charge in [-0.1, -0.05) is 46.3 Å². The normalized spacial score (nSPS) is 15.1. The molecule has 0 spiro atoms. The van der Waals surface area contributed by atoms with Crippen molar-refractivity contribution in [1.82, 2.24) is 4.90 Å². The molecular weight excluding hydrogens is 462 g/mol. The minimum absolute atomic E-state index is 0.136. The molecule has 2 aromatic rings. The van der Waals surface area contributed by atoms with E-state index in [9.17, 15) is 14.4 Å². The van der Waals surface area contributed by atoms with E-state index in [2.05, 4.69) is 15.9 Å². The van der Waals surface area contributed by atoms with Gasteiger partial charge in [-0.3, -0.25) is 19.3 Å². The summed E-state index contributed by atoms with van der Waals surface area (Å²) in [4.78, 5) is 35.9. The first kappa shape index (κ1) is 20.9. The van der Waals surface area contributed by atoms with Gasteiger partial charge >= 0.3 is 5.97 Å². The van der Waals surface area contributed by atoms with Crippen LogP contribution in [-0.2, 0) is 16.2 Å². The van der Waals surface area contributed by atoms with Crippen molar-refractivity contribution in [3.8, 4) is 11.5 Å². The molecule has 0 atom stereocenters. The Balaban J connectivity index is 1.83. The van der Waals surface area contributed by atoms with Crippen LogP contribution in [0.5, 0.6) is 11.5 Å². The predicted octanol–water partition coefficient (Wildman–Crippen LogP) is 4.16. The first-order chi connectivity index (χ1) is 13.9. The monoisotopic (exact) mass is 477 g/mol. The zero-order valence-electron chi connectivity index (χ0n) is 15.3. The largest absolute Gasteiger partial charge is 0.493 e. The average molecular weight is 478 g/mol. The summed E-state index contributed by atoms with van der Waals surface area (Å²) >= 11 is 4.14. The van der Waals surface area contributed by atoms with E-state index >= 15 is 0 Å². The number of halogens is 1. The molecule has 7 nitrogen and oxygen atoms in total. The number of thioether (sulfide) groups is 1. The van der Waals surface area contributed by atoms with Crippen LogP contribution in [0.25, 0.3) is 6.08 Å². The zero-order valence-corrected chi connectivity index (χ0v) is 17.7. The second-order valence-electron chi connectivity index (χ2n) is 5.96. The number of hydrogen-bond acceptors (Lipinski definition) is 6. The highest BCUT2D eigenvalue weighted by molar-refractivity contribution is 9.10. The fourth-order valence-corrected chi connectivity index (χ4v) is 3.85. The molecule has 0 unspecified atom stereocenters. The van der Waals surface area contributed by atoms with E-state index in [0.29, 0.717) is 44.8 Å². The molecule has 29 heavy (non-hydrogen) atoms. The molecule has 3 rings (SSSR count). The minimum Gasteiger partial charge on any atom is -0.493 e. The molecule has 9 heteroatoms. The third-order valence-electron chi connectivity index (χ3n) is 3.97. The number of ether oxygens (including phenoxy) is 2. The van der Waals surface area contributed by atoms with Crippen LogP contribution in [0.4, 0.5) is 4.79 Å². The summed E-state index contributed by atoms with van der Waals surface area (Å²) in [6, 6.07) is 13.1. The van der Waals surface area contributed by atoms with Gasteiger partial charge in [0.05, 0.1) is 12.0 Å². The maximum atomic E-state index is 12.3. The van der Waals surface area contributed by atoms with Crippen molar-refractivity contribution in [2.45, 2.75) is 6.61 Å². The second kappa shape index (κ2) is 9.15. The Morgan fingerprint density at radius 1 is 1.21 bits per heavy atom. The quantitative estimate of drug-likeness (QED) is 0.598. The van der Waals surface area contributed by atoms with Gasteiger partial charge < -0.3 is 14.6 Å². The summed E-state index contributed by atoms with van der Waals surface area (Å²) in [5.74, 6) is -0.923. The van der Waals surface area contributed by atoms with Gasteiger partial charge in [-0.15, -0.1) is 0 Å². The van der Waals surface area contributed by atoms with Crippen LogP contribution in [0.2, 0.25) is 0 Å². The number of methoxy groups -OCH3 is 1. The van der Waals surface area contributed by atoms with Gasteiger partial charge in [0.2, 0.25) is 0 Å². The van der Waals surface area contributed by atoms with Crippen molar-refractivity contribution >= 4 is 50.9 Å². The number of nitrogens with zero attached hydrogens (tertiary/aromatic N) is 1. The highest BCUT2D eigenvalue weighted by Crippen LogP contribution is 2.38. The molecule has 0 saturated carbocycles. The Labute approximate surface area is 179 Å². The fraction of sp³-hybridized carbons (Fsp3) is 0.150. The topological polar surface area (TPSA) is 93.1 Å². The molecule has 0 aromatic heterocycles. The summed E-state index contributed by atoms with van der Waals surface area (Å²) in [5, 5.41) is 8.23. The Morgan fingerprint density at radius 3 is 2.59 bits per heavy atom. The number of aliphatic carboxylic acids is 1. The highest BCUT2D eigenvalue weighted by Gasteiger charge is 2.36. The van der Waals surface area contributed by atoms with Gasteiger partial charge in [0.1, 0.15) is 13.2 Å². The molecule has 0 radical (unpaired) electrons. The molecule has 1 aliphatic heterocycles. The second-order valence-corrected chi connectivity index (χ2v) is 7.81. The molecule has 150 valence electrons. The number of carbonyl (C=O) groups excluding carboxylic acids is 2. The maximum absolute atomic E-state index is 12.3. The molecule has 0 aliphatic carbocycles. The number of amides is 2. The summed E-state index contributed by atoms with van der Waals surface area (Å²) in [7, 11) is 1.50. The number of hydrogen-bond donors (Lipinski definition) is 1. The van der Waals surface area contributed by atoms with Crippen molar-refractivity contribution in [3.63, 3.8) is 0 Å². The van der Waals surface area contributed by atoms with Crippen LogP contribution in [0.1, 0.15) is 11.1 Å². The number of imide groups is 1. The fourth-order valence-electron chi connectivity index (χ4n) is 2.58. The molecular formula is C20H16BrNO6S. The molecule has 2 amide bonds. The van der Waals surface area contributed by atoms with Crippen LogP contribution in [0, 0.1) is 0 Å². The van der Waals surface area contributed by atoms with E-state index in [4.69, 9.17) is 14.6 Å². The molecule has 0 bridgehead atoms. The molecule has 1 saturated heterocycles. The van der Waals surface area contributed by atoms with E-state index in [1.54, 1.807) is 12.1 Å². The Morgan fingerprint density at radius 2 is 1.93 bits per heavy atom. The van der Waals surface area contributed by atoms with Crippen molar-refractivity contribution in [2.75, 3.05) is 13.7 Å². The van der Waals surface area contributed by atoms with Crippen molar-refractivity contribution < 1.29 is 29.0 Å². The lowest BCUT2D eigenvalue weighted by molar-refractivity contribution is -0.140. The predicted molar refractivity (Wildman–Crippen MR) is 112 cm³/mol. The first-order valence-electron chi connectivity index (χ1n) is 8.40. The summed E-state index contributed by atoms with van der Waals surface area (Å²) in [6.45, 7) is -0.310. The Kier molecular flexibility index (Phi) is 6.60. The average Bonchev–Trinajstić information content (AvgIpc) is 2.95. The number of carboxylic acids is 1. The van der Waals surface area contributed by atoms with Crippen molar-refractivity contribution in [1.29, 1.82) is 0 Å². The smallest absolute Gasteiger partial charge is 0.323 e. The summed E-state index contributed by atoms with van der Waals surface area (Å²) in [5.41, 5.74) is 1.59. The minimum atomic E-state index is -1.25. The van der Waals surface area contributed by atoms with Crippen molar-refractivity contribution in [3.05, 3.63) is 63.0 Å². The molecule has 2 aromatic carbocycles.